The second kappa shape index (κ2) is 4.81. The molecule has 4 N–H and O–H groups in total. The minimum Gasteiger partial charge on any atom is -0.321 e. The Balaban J connectivity index is 2.13. The van der Waals surface area contributed by atoms with Crippen LogP contribution in [0.5, 0.6) is 0 Å². The van der Waals surface area contributed by atoms with E-state index in [0.29, 0.717) is 0 Å². The SMILES string of the molecule is CC(c1ccccn1)C1(N)c2ccccc2N=CC1N. The van der Waals surface area contributed by atoms with Gasteiger partial charge in [0.25, 0.3) is 0 Å². The number of hydrogen-bond donors (Lipinski definition) is 2. The minimum absolute atomic E-state index is 0.00778. The normalized spacial score (nSPS) is 26.1. The molecule has 0 radical (unpaired) electrons. The van der Waals surface area contributed by atoms with Gasteiger partial charge in [-0.3, -0.25) is 9.98 Å². The Bertz CT molecular complexity index is 638. The van der Waals surface area contributed by atoms with Gasteiger partial charge in [-0.2, -0.15) is 0 Å². The highest BCUT2D eigenvalue weighted by Gasteiger charge is 2.43. The lowest BCUT2D eigenvalue weighted by atomic mass is 9.71. The fraction of sp³-hybridized carbons (Fsp3) is 0.250. The van der Waals surface area contributed by atoms with Gasteiger partial charge in [-0.05, 0) is 18.2 Å². The van der Waals surface area contributed by atoms with Gasteiger partial charge < -0.3 is 11.5 Å². The topological polar surface area (TPSA) is 77.3 Å². The zero-order valence-electron chi connectivity index (χ0n) is 11.4. The van der Waals surface area contributed by atoms with Crippen LogP contribution in [0.15, 0.2) is 53.7 Å². The fourth-order valence-corrected chi connectivity index (χ4v) is 2.81. The van der Waals surface area contributed by atoms with Crippen LogP contribution in [0, 0.1) is 0 Å². The molecule has 102 valence electrons. The number of rotatable bonds is 2. The molecule has 4 heteroatoms. The van der Waals surface area contributed by atoms with Gasteiger partial charge in [-0.15, -0.1) is 0 Å². The fourth-order valence-electron chi connectivity index (χ4n) is 2.81. The second-order valence-corrected chi connectivity index (χ2v) is 5.23. The molecule has 2 aromatic rings. The largest absolute Gasteiger partial charge is 0.321 e. The van der Waals surface area contributed by atoms with Gasteiger partial charge in [0.2, 0.25) is 0 Å². The van der Waals surface area contributed by atoms with Crippen LogP contribution in [0.3, 0.4) is 0 Å². The summed E-state index contributed by atoms with van der Waals surface area (Å²) in [6, 6.07) is 13.4. The minimum atomic E-state index is -0.702. The van der Waals surface area contributed by atoms with Crippen molar-refractivity contribution in [3.63, 3.8) is 0 Å². The maximum atomic E-state index is 6.73. The molecule has 3 atom stereocenters. The Hall–Kier alpha value is -2.04. The first kappa shape index (κ1) is 13.0. The third-order valence-electron chi connectivity index (χ3n) is 4.14. The maximum Gasteiger partial charge on any atom is 0.0717 e. The summed E-state index contributed by atoms with van der Waals surface area (Å²) >= 11 is 0. The molecule has 2 heterocycles. The molecule has 0 amide bonds. The lowest BCUT2D eigenvalue weighted by molar-refractivity contribution is 0.343. The number of nitrogens with two attached hydrogens (primary N) is 2. The van der Waals surface area contributed by atoms with Crippen LogP contribution in [-0.2, 0) is 5.54 Å². The third kappa shape index (κ3) is 1.85. The number of benzene rings is 1. The van der Waals surface area contributed by atoms with E-state index in [9.17, 15) is 0 Å². The molecule has 0 spiro atoms. The number of hydrogen-bond acceptors (Lipinski definition) is 4. The summed E-state index contributed by atoms with van der Waals surface area (Å²) in [7, 11) is 0. The monoisotopic (exact) mass is 266 g/mol. The molecule has 3 rings (SSSR count). The van der Waals surface area contributed by atoms with Crippen molar-refractivity contribution in [2.75, 3.05) is 0 Å². The summed E-state index contributed by atoms with van der Waals surface area (Å²) in [5.41, 5.74) is 15.1. The third-order valence-corrected chi connectivity index (χ3v) is 4.14. The van der Waals surface area contributed by atoms with Crippen molar-refractivity contribution in [1.29, 1.82) is 0 Å². The van der Waals surface area contributed by atoms with Crippen LogP contribution in [-0.4, -0.2) is 17.2 Å². The van der Waals surface area contributed by atoms with Crippen molar-refractivity contribution >= 4 is 11.9 Å². The van der Waals surface area contributed by atoms with Gasteiger partial charge >= 0.3 is 0 Å². The van der Waals surface area contributed by atoms with E-state index in [1.54, 1.807) is 12.4 Å². The molecule has 20 heavy (non-hydrogen) atoms. The predicted molar refractivity (Wildman–Crippen MR) is 81.1 cm³/mol. The van der Waals surface area contributed by atoms with Crippen LogP contribution in [0.25, 0.3) is 0 Å². The van der Waals surface area contributed by atoms with Gasteiger partial charge in [-0.1, -0.05) is 31.2 Å². The average Bonchev–Trinajstić information content (AvgIpc) is 2.51. The Kier molecular flexibility index (Phi) is 3.12. The van der Waals surface area contributed by atoms with Crippen LogP contribution in [0.2, 0.25) is 0 Å². The molecular weight excluding hydrogens is 248 g/mol. The van der Waals surface area contributed by atoms with Crippen LogP contribution < -0.4 is 11.5 Å². The summed E-state index contributed by atoms with van der Waals surface area (Å²) in [5, 5.41) is 0. The first-order valence-electron chi connectivity index (χ1n) is 6.73. The first-order valence-corrected chi connectivity index (χ1v) is 6.73. The number of aliphatic imine (C=N–C) groups is 1. The Morgan fingerprint density at radius 2 is 1.90 bits per heavy atom. The molecule has 3 unspecified atom stereocenters. The van der Waals surface area contributed by atoms with E-state index in [-0.39, 0.29) is 12.0 Å². The molecule has 1 aliphatic heterocycles. The molecule has 1 aliphatic rings. The van der Waals surface area contributed by atoms with Crippen molar-refractivity contribution in [2.24, 2.45) is 16.5 Å². The van der Waals surface area contributed by atoms with Gasteiger partial charge in [0.1, 0.15) is 0 Å². The average molecular weight is 266 g/mol. The quantitative estimate of drug-likeness (QED) is 0.873. The molecule has 0 bridgehead atoms. The molecule has 0 saturated heterocycles. The van der Waals surface area contributed by atoms with E-state index in [2.05, 4.69) is 16.9 Å². The molecular formula is C16H18N4. The molecule has 0 aliphatic carbocycles. The van der Waals surface area contributed by atoms with Crippen LogP contribution in [0.4, 0.5) is 5.69 Å². The van der Waals surface area contributed by atoms with Gasteiger partial charge in [0, 0.05) is 29.6 Å². The van der Waals surface area contributed by atoms with E-state index in [4.69, 9.17) is 11.5 Å². The van der Waals surface area contributed by atoms with Crippen LogP contribution in [0.1, 0.15) is 24.1 Å². The highest BCUT2D eigenvalue weighted by Crippen LogP contribution is 2.42. The van der Waals surface area contributed by atoms with Crippen molar-refractivity contribution in [3.8, 4) is 0 Å². The number of aromatic nitrogens is 1. The number of pyridine rings is 1. The smallest absolute Gasteiger partial charge is 0.0717 e. The molecule has 0 fully saturated rings. The number of nitrogens with zero attached hydrogens (tertiary/aromatic N) is 2. The predicted octanol–water partition coefficient (Wildman–Crippen LogP) is 2.08. The highest BCUT2D eigenvalue weighted by atomic mass is 14.9. The van der Waals surface area contributed by atoms with Gasteiger partial charge in [0.05, 0.1) is 17.3 Å². The summed E-state index contributed by atoms with van der Waals surface area (Å²) in [4.78, 5) is 8.82. The summed E-state index contributed by atoms with van der Waals surface area (Å²) < 4.78 is 0. The highest BCUT2D eigenvalue weighted by molar-refractivity contribution is 5.77. The molecule has 0 saturated carbocycles. The number of para-hydroxylation sites is 1. The standard InChI is InChI=1S/C16H18N4/c1-11(13-7-4-5-9-19-13)16(18)12-6-2-3-8-14(12)20-10-15(16)17/h2-11,15H,17-18H2,1H3. The summed E-state index contributed by atoms with van der Waals surface area (Å²) in [5.74, 6) is -0.00778. The lowest BCUT2D eigenvalue weighted by Crippen LogP contribution is -2.57. The summed E-state index contributed by atoms with van der Waals surface area (Å²) in [6.45, 7) is 2.07. The molecule has 4 nitrogen and oxygen atoms in total. The van der Waals surface area contributed by atoms with E-state index in [1.807, 2.05) is 42.5 Å². The van der Waals surface area contributed by atoms with E-state index < -0.39 is 5.54 Å². The van der Waals surface area contributed by atoms with Crippen molar-refractivity contribution < 1.29 is 0 Å². The van der Waals surface area contributed by atoms with Gasteiger partial charge in [-0.25, -0.2) is 0 Å². The van der Waals surface area contributed by atoms with Crippen molar-refractivity contribution in [1.82, 2.24) is 4.98 Å². The summed E-state index contributed by atoms with van der Waals surface area (Å²) in [6.07, 6.45) is 3.52. The zero-order chi connectivity index (χ0) is 14.2. The van der Waals surface area contributed by atoms with E-state index in [1.165, 1.54) is 0 Å². The number of fused-ring (bicyclic) bond motifs is 1. The van der Waals surface area contributed by atoms with E-state index >= 15 is 0 Å². The second-order valence-electron chi connectivity index (χ2n) is 5.23. The van der Waals surface area contributed by atoms with Crippen molar-refractivity contribution in [3.05, 3.63) is 59.9 Å². The zero-order valence-corrected chi connectivity index (χ0v) is 11.4. The Morgan fingerprint density at radius 3 is 2.65 bits per heavy atom. The molecule has 1 aromatic heterocycles. The van der Waals surface area contributed by atoms with Gasteiger partial charge in [0.15, 0.2) is 0 Å². The van der Waals surface area contributed by atoms with E-state index in [0.717, 1.165) is 16.9 Å². The Morgan fingerprint density at radius 1 is 1.15 bits per heavy atom. The molecule has 1 aromatic carbocycles. The maximum absolute atomic E-state index is 6.73. The van der Waals surface area contributed by atoms with Crippen LogP contribution >= 0.6 is 0 Å². The lowest BCUT2D eigenvalue weighted by Gasteiger charge is -2.41. The Labute approximate surface area is 118 Å². The van der Waals surface area contributed by atoms with Crippen molar-refractivity contribution in [2.45, 2.75) is 24.4 Å². The first-order chi connectivity index (χ1) is 9.64.